The van der Waals surface area contributed by atoms with Crippen molar-refractivity contribution in [3.8, 4) is 34.7 Å². The van der Waals surface area contributed by atoms with E-state index in [0.29, 0.717) is 35.1 Å². The number of aliphatic hydroxyl groups is 1. The van der Waals surface area contributed by atoms with Crippen molar-refractivity contribution in [1.82, 2.24) is 14.4 Å². The van der Waals surface area contributed by atoms with Gasteiger partial charge in [0.05, 0.1) is 30.9 Å². The zero-order valence-electron chi connectivity index (χ0n) is 21.3. The summed E-state index contributed by atoms with van der Waals surface area (Å²) in [6.07, 6.45) is 1.53. The highest BCUT2D eigenvalue weighted by molar-refractivity contribution is 7.90. The monoisotopic (exact) mass is 508 g/mol. The van der Waals surface area contributed by atoms with Crippen molar-refractivity contribution in [2.45, 2.75) is 64.4 Å². The molecular formula is C27H32N4O4S. The summed E-state index contributed by atoms with van der Waals surface area (Å²) in [6.45, 7) is 9.92. The second kappa shape index (κ2) is 10.6. The van der Waals surface area contributed by atoms with E-state index in [4.69, 9.17) is 9.26 Å². The van der Waals surface area contributed by atoms with Gasteiger partial charge in [-0.3, -0.25) is 0 Å². The van der Waals surface area contributed by atoms with Crippen molar-refractivity contribution in [3.63, 3.8) is 0 Å². The highest BCUT2D eigenvalue weighted by atomic mass is 32.2. The fourth-order valence-electron chi connectivity index (χ4n) is 4.50. The number of aromatic nitrogens is 2. The quantitative estimate of drug-likeness (QED) is 0.431. The Hall–Kier alpha value is -2.90. The lowest BCUT2D eigenvalue weighted by Crippen LogP contribution is -2.45. The number of rotatable bonds is 8. The van der Waals surface area contributed by atoms with Crippen molar-refractivity contribution >= 4 is 11.4 Å². The Labute approximate surface area is 215 Å². The molecule has 0 fully saturated rings. The Morgan fingerprint density at radius 1 is 1.31 bits per heavy atom. The fourth-order valence-corrected chi connectivity index (χ4v) is 5.90. The number of fused-ring (bicyclic) bond motifs is 1. The zero-order chi connectivity index (χ0) is 26.0. The van der Waals surface area contributed by atoms with Gasteiger partial charge in [0.2, 0.25) is 5.82 Å². The topological polar surface area (TPSA) is 118 Å². The van der Waals surface area contributed by atoms with E-state index in [0.717, 1.165) is 29.5 Å². The van der Waals surface area contributed by atoms with Crippen LogP contribution in [0.3, 0.4) is 0 Å². The zero-order valence-corrected chi connectivity index (χ0v) is 22.1. The maximum Gasteiger partial charge on any atom is 0.258 e. The maximum absolute atomic E-state index is 13.3. The molecule has 0 radical (unpaired) electrons. The predicted molar refractivity (Wildman–Crippen MR) is 138 cm³/mol. The molecule has 1 aromatic heterocycles. The van der Waals surface area contributed by atoms with Gasteiger partial charge in [0, 0.05) is 22.5 Å². The number of benzene rings is 2. The minimum absolute atomic E-state index is 0.0453. The van der Waals surface area contributed by atoms with E-state index < -0.39 is 16.1 Å². The molecule has 1 aliphatic carbocycles. The lowest BCUT2D eigenvalue weighted by Gasteiger charge is -2.36. The molecule has 190 valence electrons. The first-order valence-corrected chi connectivity index (χ1v) is 13.2. The Bertz CT molecular complexity index is 1260. The summed E-state index contributed by atoms with van der Waals surface area (Å²) in [5, 5.41) is 23.4. The number of hydrogen-bond donors (Lipinski definition) is 1. The third-order valence-corrected chi connectivity index (χ3v) is 7.93. The minimum atomic E-state index is -1.27. The normalized spacial score (nSPS) is 16.3. The van der Waals surface area contributed by atoms with Crippen LogP contribution in [0.4, 0.5) is 0 Å². The van der Waals surface area contributed by atoms with E-state index in [9.17, 15) is 14.9 Å². The second-order valence-corrected chi connectivity index (χ2v) is 12.3. The van der Waals surface area contributed by atoms with Crippen LogP contribution in [0, 0.1) is 11.3 Å². The van der Waals surface area contributed by atoms with Gasteiger partial charge in [0.25, 0.3) is 5.89 Å². The van der Waals surface area contributed by atoms with Crippen LogP contribution in [-0.4, -0.2) is 48.1 Å². The van der Waals surface area contributed by atoms with Gasteiger partial charge in [0.1, 0.15) is 16.6 Å². The third-order valence-electron chi connectivity index (χ3n) is 6.02. The summed E-state index contributed by atoms with van der Waals surface area (Å²) in [4.78, 5) is 4.63. The molecule has 1 unspecified atom stereocenters. The highest BCUT2D eigenvalue weighted by Crippen LogP contribution is 2.42. The third kappa shape index (κ3) is 5.27. The van der Waals surface area contributed by atoms with Gasteiger partial charge in [-0.1, -0.05) is 23.4 Å². The van der Waals surface area contributed by atoms with Crippen molar-refractivity contribution < 1.29 is 18.9 Å². The average molecular weight is 509 g/mol. The second-order valence-electron chi connectivity index (χ2n) is 10.1. The summed E-state index contributed by atoms with van der Waals surface area (Å²) >= 11 is -1.27. The number of ether oxygens (including phenoxy) is 1. The molecule has 3 aromatic rings. The molecule has 1 aliphatic rings. The van der Waals surface area contributed by atoms with Crippen molar-refractivity contribution in [2.75, 3.05) is 13.2 Å². The lowest BCUT2D eigenvalue weighted by molar-refractivity contribution is 0.222. The van der Waals surface area contributed by atoms with Gasteiger partial charge in [-0.25, -0.2) is 0 Å². The van der Waals surface area contributed by atoms with Gasteiger partial charge >= 0.3 is 0 Å². The van der Waals surface area contributed by atoms with Crippen molar-refractivity contribution in [2.24, 2.45) is 0 Å². The van der Waals surface area contributed by atoms with Gasteiger partial charge in [-0.2, -0.15) is 10.2 Å². The molecule has 1 heterocycles. The SMILES string of the molecule is CC(C)Oc1ccc(-c2nc(-c3cccc4c3CC[C@@H]4N(CCO)[S+]([O-])C(C)(C)C)no2)cc1C#N. The van der Waals surface area contributed by atoms with E-state index in [1.807, 2.05) is 57.1 Å². The molecule has 0 bridgehead atoms. The minimum Gasteiger partial charge on any atom is -0.597 e. The van der Waals surface area contributed by atoms with Crippen LogP contribution in [0.5, 0.6) is 5.75 Å². The van der Waals surface area contributed by atoms with Crippen molar-refractivity contribution in [1.29, 1.82) is 5.26 Å². The first-order chi connectivity index (χ1) is 17.1. The molecule has 8 nitrogen and oxygen atoms in total. The summed E-state index contributed by atoms with van der Waals surface area (Å²) in [5.74, 6) is 1.30. The maximum atomic E-state index is 13.3. The summed E-state index contributed by atoms with van der Waals surface area (Å²) in [5.41, 5.74) is 4.09. The van der Waals surface area contributed by atoms with Gasteiger partial charge in [-0.15, -0.1) is 4.31 Å². The van der Waals surface area contributed by atoms with Gasteiger partial charge < -0.3 is 18.9 Å². The molecule has 4 rings (SSSR count). The Morgan fingerprint density at radius 3 is 2.75 bits per heavy atom. The van der Waals surface area contributed by atoms with Crippen LogP contribution in [0.25, 0.3) is 22.8 Å². The standard InChI is InChI=1S/C27H32N4O4S/c1-17(2)34-24-12-9-18(15-19(24)16-28)26-29-25(30-35-26)22-8-6-7-21-20(22)10-11-23(21)31(13-14-32)36(33)27(3,4)5/h6-9,12,15,17,23,32H,10-11,13-14H2,1-5H3/t23-,36?/m0/s1. The number of nitriles is 1. The summed E-state index contributed by atoms with van der Waals surface area (Å²) in [7, 11) is 0. The van der Waals surface area contributed by atoms with Crippen LogP contribution >= 0.6 is 0 Å². The van der Waals surface area contributed by atoms with Gasteiger partial charge in [-0.05, 0) is 76.8 Å². The Balaban J connectivity index is 1.65. The van der Waals surface area contributed by atoms with Crippen LogP contribution in [-0.2, 0) is 17.8 Å². The Kier molecular flexibility index (Phi) is 7.71. The molecule has 9 heteroatoms. The molecule has 2 aromatic carbocycles. The average Bonchev–Trinajstić information content (AvgIpc) is 3.49. The summed E-state index contributed by atoms with van der Waals surface area (Å²) < 4.78 is 26.0. The molecule has 0 amide bonds. The first kappa shape index (κ1) is 26.2. The highest BCUT2D eigenvalue weighted by Gasteiger charge is 2.41. The molecule has 36 heavy (non-hydrogen) atoms. The number of hydrogen-bond acceptors (Lipinski definition) is 8. The van der Waals surface area contributed by atoms with E-state index in [1.165, 1.54) is 0 Å². The number of aliphatic hydroxyl groups excluding tert-OH is 1. The van der Waals surface area contributed by atoms with E-state index in [1.54, 1.807) is 18.2 Å². The van der Waals surface area contributed by atoms with Gasteiger partial charge in [0.15, 0.2) is 0 Å². The van der Waals surface area contributed by atoms with E-state index >= 15 is 0 Å². The van der Waals surface area contributed by atoms with E-state index in [-0.39, 0.29) is 18.8 Å². The van der Waals surface area contributed by atoms with Crippen LogP contribution in [0.1, 0.15) is 63.8 Å². The molecule has 0 spiro atoms. The molecular weight excluding hydrogens is 476 g/mol. The molecule has 0 saturated carbocycles. The fraction of sp³-hybridized carbons (Fsp3) is 0.444. The lowest BCUT2D eigenvalue weighted by atomic mass is 10.0. The van der Waals surface area contributed by atoms with E-state index in [2.05, 4.69) is 16.2 Å². The molecule has 1 N–H and O–H groups in total. The molecule has 0 saturated heterocycles. The summed E-state index contributed by atoms with van der Waals surface area (Å²) in [6, 6.07) is 13.3. The molecule has 2 atom stereocenters. The first-order valence-electron chi connectivity index (χ1n) is 12.1. The van der Waals surface area contributed by atoms with Crippen LogP contribution < -0.4 is 4.74 Å². The van der Waals surface area contributed by atoms with Crippen molar-refractivity contribution in [3.05, 3.63) is 53.1 Å². The predicted octanol–water partition coefficient (Wildman–Crippen LogP) is 4.81. The Morgan fingerprint density at radius 2 is 2.08 bits per heavy atom. The van der Waals surface area contributed by atoms with Crippen LogP contribution in [0.2, 0.25) is 0 Å². The molecule has 0 aliphatic heterocycles. The van der Waals surface area contributed by atoms with Crippen LogP contribution in [0.15, 0.2) is 40.9 Å². The number of nitrogens with zero attached hydrogens (tertiary/aromatic N) is 4. The smallest absolute Gasteiger partial charge is 0.258 e. The largest absolute Gasteiger partial charge is 0.597 e.